The lowest BCUT2D eigenvalue weighted by Gasteiger charge is -2.38. The SMILES string of the molecule is CCC1COC(C)CN1C(=O)c1cc(C)ccc1O. The highest BCUT2D eigenvalue weighted by molar-refractivity contribution is 5.97. The van der Waals surface area contributed by atoms with Crippen LogP contribution in [0, 0.1) is 6.92 Å². The van der Waals surface area contributed by atoms with Crippen LogP contribution in [0.25, 0.3) is 0 Å². The van der Waals surface area contributed by atoms with Crippen LogP contribution in [0.2, 0.25) is 0 Å². The van der Waals surface area contributed by atoms with Crippen LogP contribution in [-0.4, -0.2) is 41.2 Å². The Morgan fingerprint density at radius 2 is 2.26 bits per heavy atom. The van der Waals surface area contributed by atoms with E-state index in [1.807, 2.05) is 25.7 Å². The van der Waals surface area contributed by atoms with Crippen molar-refractivity contribution in [3.05, 3.63) is 29.3 Å². The lowest BCUT2D eigenvalue weighted by atomic mass is 10.1. The lowest BCUT2D eigenvalue weighted by molar-refractivity contribution is -0.0444. The largest absolute Gasteiger partial charge is 0.507 e. The fraction of sp³-hybridized carbons (Fsp3) is 0.533. The second-order valence-corrected chi connectivity index (χ2v) is 5.18. The molecule has 1 fully saturated rings. The number of amides is 1. The molecule has 1 N–H and O–H groups in total. The van der Waals surface area contributed by atoms with Crippen molar-refractivity contribution in [2.45, 2.75) is 39.3 Å². The summed E-state index contributed by atoms with van der Waals surface area (Å²) in [7, 11) is 0. The van der Waals surface area contributed by atoms with E-state index in [0.29, 0.717) is 18.7 Å². The number of hydrogen-bond acceptors (Lipinski definition) is 3. The molecule has 0 aromatic heterocycles. The van der Waals surface area contributed by atoms with Crippen LogP contribution in [0.5, 0.6) is 5.75 Å². The third-order valence-corrected chi connectivity index (χ3v) is 3.58. The Morgan fingerprint density at radius 3 is 2.95 bits per heavy atom. The molecule has 0 bridgehead atoms. The summed E-state index contributed by atoms with van der Waals surface area (Å²) in [6.45, 7) is 7.05. The molecule has 0 aliphatic carbocycles. The maximum atomic E-state index is 12.6. The number of carbonyl (C=O) groups excluding carboxylic acids is 1. The van der Waals surface area contributed by atoms with Gasteiger partial charge in [0, 0.05) is 6.54 Å². The van der Waals surface area contributed by atoms with E-state index in [0.717, 1.165) is 12.0 Å². The molecule has 2 unspecified atom stereocenters. The normalized spacial score (nSPS) is 23.4. The summed E-state index contributed by atoms with van der Waals surface area (Å²) < 4.78 is 5.60. The van der Waals surface area contributed by atoms with Crippen LogP contribution in [-0.2, 0) is 4.74 Å². The average molecular weight is 263 g/mol. The quantitative estimate of drug-likeness (QED) is 0.891. The van der Waals surface area contributed by atoms with Crippen LogP contribution in [0.15, 0.2) is 18.2 Å². The van der Waals surface area contributed by atoms with Crippen LogP contribution in [0.1, 0.15) is 36.2 Å². The minimum atomic E-state index is -0.108. The average Bonchev–Trinajstić information content (AvgIpc) is 2.40. The molecular formula is C15H21NO3. The molecule has 0 saturated carbocycles. The second-order valence-electron chi connectivity index (χ2n) is 5.18. The molecule has 4 nitrogen and oxygen atoms in total. The summed E-state index contributed by atoms with van der Waals surface area (Å²) in [5.74, 6) is -0.0622. The van der Waals surface area contributed by atoms with E-state index in [1.165, 1.54) is 0 Å². The highest BCUT2D eigenvalue weighted by atomic mass is 16.5. The van der Waals surface area contributed by atoms with Gasteiger partial charge in [-0.3, -0.25) is 4.79 Å². The molecule has 2 atom stereocenters. The molecule has 1 aromatic carbocycles. The van der Waals surface area contributed by atoms with Gasteiger partial charge in [-0.25, -0.2) is 0 Å². The Kier molecular flexibility index (Phi) is 4.10. The molecule has 1 aromatic rings. The number of benzene rings is 1. The molecule has 1 aliphatic heterocycles. The Labute approximate surface area is 114 Å². The predicted molar refractivity (Wildman–Crippen MR) is 73.4 cm³/mol. The third-order valence-electron chi connectivity index (χ3n) is 3.58. The summed E-state index contributed by atoms with van der Waals surface area (Å²) in [6.07, 6.45) is 0.893. The number of phenols is 1. The monoisotopic (exact) mass is 263 g/mol. The van der Waals surface area contributed by atoms with Crippen LogP contribution in [0.4, 0.5) is 0 Å². The maximum absolute atomic E-state index is 12.6. The van der Waals surface area contributed by atoms with Crippen molar-refractivity contribution >= 4 is 5.91 Å². The number of nitrogens with zero attached hydrogens (tertiary/aromatic N) is 1. The Balaban J connectivity index is 2.28. The number of morpholine rings is 1. The fourth-order valence-electron chi connectivity index (χ4n) is 2.41. The molecule has 4 heteroatoms. The van der Waals surface area contributed by atoms with Crippen molar-refractivity contribution in [2.24, 2.45) is 0 Å². The molecule has 2 rings (SSSR count). The van der Waals surface area contributed by atoms with E-state index in [9.17, 15) is 9.90 Å². The number of aromatic hydroxyl groups is 1. The Morgan fingerprint density at radius 1 is 1.53 bits per heavy atom. The number of aryl methyl sites for hydroxylation is 1. The first kappa shape index (κ1) is 13.9. The van der Waals surface area contributed by atoms with Crippen molar-refractivity contribution in [3.63, 3.8) is 0 Å². The number of carbonyl (C=O) groups is 1. The van der Waals surface area contributed by atoms with E-state index in [-0.39, 0.29) is 23.8 Å². The van der Waals surface area contributed by atoms with Crippen LogP contribution in [0.3, 0.4) is 0 Å². The first-order valence-corrected chi connectivity index (χ1v) is 6.75. The summed E-state index contributed by atoms with van der Waals surface area (Å²) in [5, 5.41) is 9.88. The van der Waals surface area contributed by atoms with Gasteiger partial charge in [0.2, 0.25) is 0 Å². The third kappa shape index (κ3) is 2.89. The molecule has 1 amide bonds. The minimum absolute atomic E-state index is 0.0405. The zero-order chi connectivity index (χ0) is 14.0. The highest BCUT2D eigenvalue weighted by Crippen LogP contribution is 2.24. The lowest BCUT2D eigenvalue weighted by Crippen LogP contribution is -2.51. The fourth-order valence-corrected chi connectivity index (χ4v) is 2.41. The smallest absolute Gasteiger partial charge is 0.258 e. The van der Waals surface area contributed by atoms with Crippen molar-refractivity contribution < 1.29 is 14.6 Å². The second kappa shape index (κ2) is 5.61. The van der Waals surface area contributed by atoms with Crippen molar-refractivity contribution in [3.8, 4) is 5.75 Å². The van der Waals surface area contributed by atoms with E-state index in [2.05, 4.69) is 0 Å². The van der Waals surface area contributed by atoms with E-state index < -0.39 is 0 Å². The molecule has 1 heterocycles. The Bertz CT molecular complexity index is 472. The first-order valence-electron chi connectivity index (χ1n) is 6.75. The van der Waals surface area contributed by atoms with Gasteiger partial charge < -0.3 is 14.7 Å². The highest BCUT2D eigenvalue weighted by Gasteiger charge is 2.31. The molecule has 0 radical (unpaired) electrons. The van der Waals surface area contributed by atoms with Gasteiger partial charge in [0.1, 0.15) is 5.75 Å². The predicted octanol–water partition coefficient (Wildman–Crippen LogP) is 2.34. The number of rotatable bonds is 2. The summed E-state index contributed by atoms with van der Waals surface area (Å²) in [4.78, 5) is 14.4. The van der Waals surface area contributed by atoms with Gasteiger partial charge in [-0.2, -0.15) is 0 Å². The van der Waals surface area contributed by atoms with Gasteiger partial charge in [-0.05, 0) is 32.4 Å². The molecule has 1 saturated heterocycles. The Hall–Kier alpha value is -1.55. The van der Waals surface area contributed by atoms with Gasteiger partial charge in [-0.1, -0.05) is 18.6 Å². The molecule has 1 aliphatic rings. The molecular weight excluding hydrogens is 242 g/mol. The van der Waals surface area contributed by atoms with E-state index >= 15 is 0 Å². The van der Waals surface area contributed by atoms with Gasteiger partial charge >= 0.3 is 0 Å². The van der Waals surface area contributed by atoms with E-state index in [4.69, 9.17) is 4.74 Å². The molecule has 104 valence electrons. The van der Waals surface area contributed by atoms with Crippen molar-refractivity contribution in [1.82, 2.24) is 4.90 Å². The van der Waals surface area contributed by atoms with Gasteiger partial charge in [0.25, 0.3) is 5.91 Å². The zero-order valence-electron chi connectivity index (χ0n) is 11.7. The number of hydrogen-bond donors (Lipinski definition) is 1. The number of ether oxygens (including phenoxy) is 1. The topological polar surface area (TPSA) is 49.8 Å². The van der Waals surface area contributed by atoms with Gasteiger partial charge in [0.05, 0.1) is 24.3 Å². The van der Waals surface area contributed by atoms with Crippen LogP contribution < -0.4 is 0 Å². The molecule has 19 heavy (non-hydrogen) atoms. The summed E-state index contributed by atoms with van der Waals surface area (Å²) >= 11 is 0. The number of phenolic OH excluding ortho intramolecular Hbond substituents is 1. The zero-order valence-corrected chi connectivity index (χ0v) is 11.7. The van der Waals surface area contributed by atoms with Crippen molar-refractivity contribution in [2.75, 3.05) is 13.2 Å². The summed E-state index contributed by atoms with van der Waals surface area (Å²) in [5.41, 5.74) is 1.35. The first-order chi connectivity index (χ1) is 9.02. The van der Waals surface area contributed by atoms with E-state index in [1.54, 1.807) is 18.2 Å². The maximum Gasteiger partial charge on any atom is 0.258 e. The summed E-state index contributed by atoms with van der Waals surface area (Å²) in [6, 6.07) is 5.20. The van der Waals surface area contributed by atoms with Crippen LogP contribution >= 0.6 is 0 Å². The minimum Gasteiger partial charge on any atom is -0.507 e. The molecule has 0 spiro atoms. The van der Waals surface area contributed by atoms with Crippen molar-refractivity contribution in [1.29, 1.82) is 0 Å². The standard InChI is InChI=1S/C15H21NO3/c1-4-12-9-19-11(3)8-16(12)15(18)13-7-10(2)5-6-14(13)17/h5-7,11-12,17H,4,8-9H2,1-3H3. The van der Waals surface area contributed by atoms with Gasteiger partial charge in [0.15, 0.2) is 0 Å². The van der Waals surface area contributed by atoms with Gasteiger partial charge in [-0.15, -0.1) is 0 Å².